The smallest absolute Gasteiger partial charge is 0.0173 e. The van der Waals surface area contributed by atoms with E-state index in [-0.39, 0.29) is 5.54 Å². The van der Waals surface area contributed by atoms with Crippen LogP contribution < -0.4 is 0 Å². The van der Waals surface area contributed by atoms with Gasteiger partial charge in [0.15, 0.2) is 0 Å². The molecule has 0 amide bonds. The normalized spacial score (nSPS) is 37.3. The zero-order valence-corrected chi connectivity index (χ0v) is 19.6. The van der Waals surface area contributed by atoms with Crippen LogP contribution in [0.2, 0.25) is 0 Å². The topological polar surface area (TPSA) is 6.48 Å². The molecule has 0 radical (unpaired) electrons. The van der Waals surface area contributed by atoms with Crippen molar-refractivity contribution in [3.63, 3.8) is 0 Å². The Labute approximate surface area is 164 Å². The van der Waals surface area contributed by atoms with Gasteiger partial charge in [0.25, 0.3) is 0 Å². The molecule has 26 heavy (non-hydrogen) atoms. The van der Waals surface area contributed by atoms with Gasteiger partial charge < -0.3 is 0 Å². The highest BCUT2D eigenvalue weighted by molar-refractivity contribution is 5.21. The van der Waals surface area contributed by atoms with E-state index in [4.69, 9.17) is 0 Å². The van der Waals surface area contributed by atoms with Crippen LogP contribution in [-0.4, -0.2) is 45.5 Å². The van der Waals surface area contributed by atoms with Crippen LogP contribution in [0.3, 0.4) is 0 Å². The minimum atomic E-state index is 0.265. The average molecular weight is 363 g/mol. The van der Waals surface area contributed by atoms with Crippen molar-refractivity contribution < 1.29 is 0 Å². The predicted octanol–water partition coefficient (Wildman–Crippen LogP) is 5.81. The van der Waals surface area contributed by atoms with Gasteiger partial charge in [0, 0.05) is 29.2 Å². The highest BCUT2D eigenvalue weighted by atomic mass is 15.3. The summed E-state index contributed by atoms with van der Waals surface area (Å²) in [6.45, 7) is 28.3. The van der Waals surface area contributed by atoms with E-state index in [2.05, 4.69) is 86.0 Å². The molecule has 2 aliphatic heterocycles. The van der Waals surface area contributed by atoms with Gasteiger partial charge in [0.05, 0.1) is 0 Å². The maximum Gasteiger partial charge on any atom is 0.0173 e. The molecular weight excluding hydrogens is 316 g/mol. The van der Waals surface area contributed by atoms with Gasteiger partial charge in [0.2, 0.25) is 0 Å². The molecule has 5 atom stereocenters. The van der Waals surface area contributed by atoms with Crippen molar-refractivity contribution in [2.75, 3.05) is 6.54 Å². The molecule has 3 aliphatic rings. The van der Waals surface area contributed by atoms with Crippen LogP contribution in [0.25, 0.3) is 0 Å². The Kier molecular flexibility index (Phi) is 4.73. The minimum absolute atomic E-state index is 0.265. The number of nitrogens with zero attached hydrogens (tertiary/aromatic N) is 2. The number of hydrogen-bond acceptors (Lipinski definition) is 2. The van der Waals surface area contributed by atoms with Crippen molar-refractivity contribution in [2.24, 2.45) is 22.7 Å². The number of likely N-dealkylation sites (tertiary alicyclic amines) is 2. The van der Waals surface area contributed by atoms with Crippen molar-refractivity contribution in [1.29, 1.82) is 0 Å². The maximum atomic E-state index is 2.93. The van der Waals surface area contributed by atoms with Gasteiger partial charge in [-0.1, -0.05) is 34.6 Å². The molecule has 0 spiro atoms. The third-order valence-corrected chi connectivity index (χ3v) is 7.89. The molecule has 0 bridgehead atoms. The predicted molar refractivity (Wildman–Crippen MR) is 113 cm³/mol. The van der Waals surface area contributed by atoms with E-state index in [9.17, 15) is 0 Å². The largest absolute Gasteiger partial charge is 0.295 e. The molecule has 0 aromatic carbocycles. The Morgan fingerprint density at radius 2 is 1.31 bits per heavy atom. The lowest BCUT2D eigenvalue weighted by Gasteiger charge is -2.49. The summed E-state index contributed by atoms with van der Waals surface area (Å²) in [7, 11) is 0. The van der Waals surface area contributed by atoms with E-state index >= 15 is 0 Å². The lowest BCUT2D eigenvalue weighted by atomic mass is 9.73. The Morgan fingerprint density at radius 3 is 1.77 bits per heavy atom. The molecular formula is C24H46N2. The van der Waals surface area contributed by atoms with Crippen LogP contribution >= 0.6 is 0 Å². The monoisotopic (exact) mass is 362 g/mol. The van der Waals surface area contributed by atoms with Crippen LogP contribution in [0.1, 0.15) is 95.4 Å². The van der Waals surface area contributed by atoms with Gasteiger partial charge in [-0.15, -0.1) is 0 Å². The first-order chi connectivity index (χ1) is 11.6. The molecule has 2 heterocycles. The van der Waals surface area contributed by atoms with Crippen LogP contribution in [0, 0.1) is 22.7 Å². The summed E-state index contributed by atoms with van der Waals surface area (Å²) in [6.07, 6.45) is 4.17. The highest BCUT2D eigenvalue weighted by Crippen LogP contribution is 2.66. The summed E-state index contributed by atoms with van der Waals surface area (Å²) < 4.78 is 0. The zero-order valence-electron chi connectivity index (χ0n) is 19.6. The number of hydrogen-bond donors (Lipinski definition) is 0. The lowest BCUT2D eigenvalue weighted by molar-refractivity contribution is -0.0103. The summed E-state index contributed by atoms with van der Waals surface area (Å²) in [6, 6.07) is 2.27. The summed E-state index contributed by atoms with van der Waals surface area (Å²) in [5, 5.41) is 0. The average Bonchev–Trinajstić information content (AvgIpc) is 2.86. The first kappa shape index (κ1) is 20.6. The molecule has 0 N–H and O–H groups in total. The first-order valence-corrected chi connectivity index (χ1v) is 11.1. The van der Waals surface area contributed by atoms with Gasteiger partial charge in [0.1, 0.15) is 0 Å². The van der Waals surface area contributed by atoms with Gasteiger partial charge in [-0.25, -0.2) is 0 Å². The third kappa shape index (κ3) is 3.28. The van der Waals surface area contributed by atoms with E-state index < -0.39 is 0 Å². The van der Waals surface area contributed by atoms with Crippen LogP contribution in [0.5, 0.6) is 0 Å². The van der Waals surface area contributed by atoms with Crippen LogP contribution in [-0.2, 0) is 0 Å². The van der Waals surface area contributed by atoms with Gasteiger partial charge in [-0.2, -0.15) is 0 Å². The third-order valence-electron chi connectivity index (χ3n) is 7.89. The van der Waals surface area contributed by atoms with E-state index in [1.54, 1.807) is 0 Å². The van der Waals surface area contributed by atoms with Crippen LogP contribution in [0.15, 0.2) is 0 Å². The molecule has 152 valence electrons. The summed E-state index contributed by atoms with van der Waals surface area (Å²) in [5.41, 5.74) is 1.34. The number of fused-ring (bicyclic) bond motifs is 1. The van der Waals surface area contributed by atoms with Crippen molar-refractivity contribution in [1.82, 2.24) is 9.80 Å². The van der Waals surface area contributed by atoms with Crippen LogP contribution in [0.4, 0.5) is 0 Å². The van der Waals surface area contributed by atoms with Crippen molar-refractivity contribution >= 4 is 0 Å². The molecule has 0 aromatic heterocycles. The minimum Gasteiger partial charge on any atom is -0.295 e. The number of rotatable bonds is 2. The second-order valence-electron chi connectivity index (χ2n) is 13.2. The molecule has 5 unspecified atom stereocenters. The van der Waals surface area contributed by atoms with E-state index in [0.29, 0.717) is 16.4 Å². The molecule has 3 rings (SSSR count). The molecule has 2 heteroatoms. The SMILES string of the molecule is CC(C)(C)C1CC2C(C2C(C)(C)C2CCCN2C(C)(C)C)N1C(C)(C)C. The standard InChI is InChI=1S/C24H46N2/c1-21(2,3)18-15-16-19(20(16)26(18)23(7,8)9)24(10,11)17-13-12-14-25(17)22(4,5)6/h16-20H,12-15H2,1-11H3. The Hall–Kier alpha value is -0.0800. The fourth-order valence-electron chi connectivity index (χ4n) is 6.84. The van der Waals surface area contributed by atoms with E-state index in [1.165, 1.54) is 25.8 Å². The fraction of sp³-hybridized carbons (Fsp3) is 1.00. The molecule has 1 aliphatic carbocycles. The van der Waals surface area contributed by atoms with Gasteiger partial charge >= 0.3 is 0 Å². The first-order valence-electron chi connectivity index (χ1n) is 11.1. The summed E-state index contributed by atoms with van der Waals surface area (Å²) >= 11 is 0. The molecule has 3 fully saturated rings. The van der Waals surface area contributed by atoms with Crippen molar-refractivity contribution in [2.45, 2.75) is 125 Å². The Balaban J connectivity index is 1.84. The molecule has 2 nitrogen and oxygen atoms in total. The summed E-state index contributed by atoms with van der Waals surface area (Å²) in [5.74, 6) is 1.78. The van der Waals surface area contributed by atoms with Gasteiger partial charge in [-0.05, 0) is 90.0 Å². The maximum absolute atomic E-state index is 2.93. The Bertz CT molecular complexity index is 528. The molecule has 1 saturated carbocycles. The van der Waals surface area contributed by atoms with E-state index in [1.807, 2.05) is 0 Å². The fourth-order valence-corrected chi connectivity index (χ4v) is 6.84. The molecule has 2 saturated heterocycles. The Morgan fingerprint density at radius 1 is 0.731 bits per heavy atom. The highest BCUT2D eigenvalue weighted by Gasteiger charge is 2.69. The van der Waals surface area contributed by atoms with Crippen molar-refractivity contribution in [3.05, 3.63) is 0 Å². The van der Waals surface area contributed by atoms with E-state index in [0.717, 1.165) is 30.0 Å². The van der Waals surface area contributed by atoms with Gasteiger partial charge in [-0.3, -0.25) is 9.80 Å². The lowest BCUT2D eigenvalue weighted by Crippen LogP contribution is -2.55. The quantitative estimate of drug-likeness (QED) is 0.611. The molecule has 0 aromatic rings. The van der Waals surface area contributed by atoms with Crippen molar-refractivity contribution in [3.8, 4) is 0 Å². The number of piperidine rings is 1. The zero-order chi connectivity index (χ0) is 19.9. The second-order valence-corrected chi connectivity index (χ2v) is 13.2. The second kappa shape index (κ2) is 5.96. The summed E-state index contributed by atoms with van der Waals surface area (Å²) in [4.78, 5) is 5.75.